The van der Waals surface area contributed by atoms with Gasteiger partial charge in [0.2, 0.25) is 0 Å². The summed E-state index contributed by atoms with van der Waals surface area (Å²) in [5.74, 6) is -0.0436. The Morgan fingerprint density at radius 1 is 1.04 bits per heavy atom. The summed E-state index contributed by atoms with van der Waals surface area (Å²) in [6.45, 7) is 0. The Kier molecular flexibility index (Phi) is 4.53. The van der Waals surface area contributed by atoms with E-state index >= 15 is 0 Å². The van der Waals surface area contributed by atoms with Crippen LogP contribution in [0.4, 0.5) is 11.5 Å². The second-order valence-corrected chi connectivity index (χ2v) is 6.22. The molecule has 0 spiro atoms. The molecule has 0 aliphatic heterocycles. The van der Waals surface area contributed by atoms with Crippen LogP contribution in [0.5, 0.6) is 0 Å². The normalized spacial score (nSPS) is 10.8. The summed E-state index contributed by atoms with van der Waals surface area (Å²) in [7, 11) is 0. The molecule has 0 bridgehead atoms. The Balaban J connectivity index is 1.62. The van der Waals surface area contributed by atoms with Crippen molar-refractivity contribution in [2.45, 2.75) is 12.8 Å². The van der Waals surface area contributed by atoms with Crippen LogP contribution in [0.3, 0.4) is 0 Å². The molecule has 0 fully saturated rings. The molecule has 2 heterocycles. The van der Waals surface area contributed by atoms with E-state index in [9.17, 15) is 4.79 Å². The molecule has 2 N–H and O–H groups in total. The van der Waals surface area contributed by atoms with Gasteiger partial charge < -0.3 is 10.4 Å². The number of benzene rings is 2. The summed E-state index contributed by atoms with van der Waals surface area (Å²) in [5, 5.41) is 16.5. The van der Waals surface area contributed by atoms with Gasteiger partial charge in [-0.15, -0.1) is 0 Å². The minimum absolute atomic E-state index is 0.131. The predicted molar refractivity (Wildman–Crippen MR) is 104 cm³/mol. The Labute approximate surface area is 156 Å². The maximum absolute atomic E-state index is 10.7. The van der Waals surface area contributed by atoms with E-state index in [-0.39, 0.29) is 6.42 Å². The van der Waals surface area contributed by atoms with Crippen LogP contribution in [0, 0.1) is 0 Å². The molecule has 6 heteroatoms. The lowest BCUT2D eigenvalue weighted by Gasteiger charge is -2.06. The lowest BCUT2D eigenvalue weighted by Crippen LogP contribution is -1.97. The summed E-state index contributed by atoms with van der Waals surface area (Å²) in [5.41, 5.74) is 4.65. The van der Waals surface area contributed by atoms with Gasteiger partial charge >= 0.3 is 5.97 Å². The van der Waals surface area contributed by atoms with E-state index in [1.165, 1.54) is 0 Å². The number of nitrogens with one attached hydrogen (secondary N) is 1. The third kappa shape index (κ3) is 3.79. The molecule has 0 atom stereocenters. The van der Waals surface area contributed by atoms with Crippen LogP contribution >= 0.6 is 0 Å². The maximum atomic E-state index is 10.7. The van der Waals surface area contributed by atoms with E-state index in [0.717, 1.165) is 33.8 Å². The third-order valence-electron chi connectivity index (χ3n) is 4.31. The first-order valence-corrected chi connectivity index (χ1v) is 8.66. The van der Waals surface area contributed by atoms with E-state index in [1.54, 1.807) is 10.7 Å². The van der Waals surface area contributed by atoms with E-state index in [0.29, 0.717) is 6.42 Å². The summed E-state index contributed by atoms with van der Waals surface area (Å²) < 4.78 is 1.74. The van der Waals surface area contributed by atoms with Crippen LogP contribution in [0.25, 0.3) is 16.8 Å². The Morgan fingerprint density at radius 2 is 1.81 bits per heavy atom. The molecule has 0 unspecified atom stereocenters. The van der Waals surface area contributed by atoms with Gasteiger partial charge in [0.25, 0.3) is 0 Å². The Bertz CT molecular complexity index is 1070. The van der Waals surface area contributed by atoms with Gasteiger partial charge in [0.1, 0.15) is 5.82 Å². The number of carboxylic acids is 1. The molecule has 134 valence electrons. The van der Waals surface area contributed by atoms with Crippen molar-refractivity contribution in [3.05, 3.63) is 78.6 Å². The van der Waals surface area contributed by atoms with Gasteiger partial charge in [0, 0.05) is 23.9 Å². The number of aliphatic carboxylic acids is 1. The molecule has 0 saturated heterocycles. The predicted octanol–water partition coefficient (Wildman–Crippen LogP) is 4.16. The van der Waals surface area contributed by atoms with Crippen LogP contribution < -0.4 is 5.32 Å². The second kappa shape index (κ2) is 7.29. The van der Waals surface area contributed by atoms with Crippen molar-refractivity contribution in [2.75, 3.05) is 5.32 Å². The number of carboxylic acid groups (broad SMARTS) is 1. The topological polar surface area (TPSA) is 79.5 Å². The van der Waals surface area contributed by atoms with Gasteiger partial charge in [-0.05, 0) is 35.7 Å². The van der Waals surface area contributed by atoms with Crippen molar-refractivity contribution in [3.63, 3.8) is 0 Å². The SMILES string of the molecule is O=C(O)CCc1ccc(-c2cnn3ccc(Nc4ccccc4)nc23)cc1. The molecule has 4 aromatic rings. The van der Waals surface area contributed by atoms with E-state index in [1.807, 2.05) is 66.9 Å². The van der Waals surface area contributed by atoms with Crippen molar-refractivity contribution >= 4 is 23.1 Å². The number of hydrogen-bond acceptors (Lipinski definition) is 4. The smallest absolute Gasteiger partial charge is 0.303 e. The molecule has 6 nitrogen and oxygen atoms in total. The summed E-state index contributed by atoms with van der Waals surface area (Å²) in [4.78, 5) is 15.4. The second-order valence-electron chi connectivity index (χ2n) is 6.22. The fraction of sp³-hybridized carbons (Fsp3) is 0.0952. The average Bonchev–Trinajstić information content (AvgIpc) is 3.11. The first-order valence-electron chi connectivity index (χ1n) is 8.66. The number of carbonyl (C=O) groups is 1. The number of para-hydroxylation sites is 1. The van der Waals surface area contributed by atoms with Gasteiger partial charge in [-0.25, -0.2) is 9.50 Å². The first-order chi connectivity index (χ1) is 13.2. The zero-order valence-electron chi connectivity index (χ0n) is 14.5. The zero-order chi connectivity index (χ0) is 18.6. The molecule has 0 radical (unpaired) electrons. The van der Waals surface area contributed by atoms with Gasteiger partial charge in [-0.1, -0.05) is 42.5 Å². The van der Waals surface area contributed by atoms with E-state index in [4.69, 9.17) is 10.1 Å². The van der Waals surface area contributed by atoms with Crippen LogP contribution in [0.2, 0.25) is 0 Å². The number of aromatic nitrogens is 3. The molecule has 2 aromatic heterocycles. The van der Waals surface area contributed by atoms with Crippen LogP contribution in [0.15, 0.2) is 73.1 Å². The highest BCUT2D eigenvalue weighted by Gasteiger charge is 2.09. The van der Waals surface area contributed by atoms with Gasteiger partial charge in [0.15, 0.2) is 5.65 Å². The Hall–Kier alpha value is -3.67. The van der Waals surface area contributed by atoms with Crippen molar-refractivity contribution in [1.29, 1.82) is 0 Å². The number of anilines is 2. The number of aryl methyl sites for hydroxylation is 1. The summed E-state index contributed by atoms with van der Waals surface area (Å²) in [6, 6.07) is 19.6. The lowest BCUT2D eigenvalue weighted by molar-refractivity contribution is -0.136. The van der Waals surface area contributed by atoms with Crippen molar-refractivity contribution < 1.29 is 9.90 Å². The zero-order valence-corrected chi connectivity index (χ0v) is 14.5. The standard InChI is InChI=1S/C21H18N4O2/c26-20(27)11-8-15-6-9-16(10-7-15)18-14-22-25-13-12-19(24-21(18)25)23-17-4-2-1-3-5-17/h1-7,9-10,12-14H,8,11H2,(H,23,24)(H,26,27). The number of nitrogens with zero attached hydrogens (tertiary/aromatic N) is 3. The van der Waals surface area contributed by atoms with Gasteiger partial charge in [-0.3, -0.25) is 4.79 Å². The highest BCUT2D eigenvalue weighted by atomic mass is 16.4. The fourth-order valence-electron chi connectivity index (χ4n) is 2.91. The highest BCUT2D eigenvalue weighted by molar-refractivity contribution is 5.78. The molecule has 2 aromatic carbocycles. The van der Waals surface area contributed by atoms with E-state index in [2.05, 4.69) is 10.4 Å². The number of rotatable bonds is 6. The van der Waals surface area contributed by atoms with Crippen molar-refractivity contribution in [2.24, 2.45) is 0 Å². The molecule has 27 heavy (non-hydrogen) atoms. The van der Waals surface area contributed by atoms with Crippen LogP contribution in [-0.2, 0) is 11.2 Å². The molecule has 0 amide bonds. The Morgan fingerprint density at radius 3 is 2.56 bits per heavy atom. The molecular formula is C21H18N4O2. The number of hydrogen-bond donors (Lipinski definition) is 2. The monoisotopic (exact) mass is 358 g/mol. The highest BCUT2D eigenvalue weighted by Crippen LogP contribution is 2.25. The lowest BCUT2D eigenvalue weighted by atomic mass is 10.0. The minimum atomic E-state index is -0.788. The van der Waals surface area contributed by atoms with Crippen molar-refractivity contribution in [1.82, 2.24) is 14.6 Å². The van der Waals surface area contributed by atoms with Crippen molar-refractivity contribution in [3.8, 4) is 11.1 Å². The molecule has 0 saturated carbocycles. The third-order valence-corrected chi connectivity index (χ3v) is 4.31. The molecule has 0 aliphatic rings. The molecular weight excluding hydrogens is 340 g/mol. The first kappa shape index (κ1) is 16.8. The van der Waals surface area contributed by atoms with E-state index < -0.39 is 5.97 Å². The summed E-state index contributed by atoms with van der Waals surface area (Å²) in [6.07, 6.45) is 4.32. The van der Waals surface area contributed by atoms with Gasteiger partial charge in [0.05, 0.1) is 6.20 Å². The van der Waals surface area contributed by atoms with Crippen LogP contribution in [0.1, 0.15) is 12.0 Å². The molecule has 0 aliphatic carbocycles. The largest absolute Gasteiger partial charge is 0.481 e. The molecule has 4 rings (SSSR count). The van der Waals surface area contributed by atoms with Gasteiger partial charge in [-0.2, -0.15) is 5.10 Å². The minimum Gasteiger partial charge on any atom is -0.481 e. The fourth-order valence-corrected chi connectivity index (χ4v) is 2.91. The van der Waals surface area contributed by atoms with Crippen LogP contribution in [-0.4, -0.2) is 25.7 Å². The quantitative estimate of drug-likeness (QED) is 0.541. The number of fused-ring (bicyclic) bond motifs is 1. The average molecular weight is 358 g/mol. The maximum Gasteiger partial charge on any atom is 0.303 e. The summed E-state index contributed by atoms with van der Waals surface area (Å²) >= 11 is 0.